The molecule has 0 fully saturated rings. The second-order valence-electron chi connectivity index (χ2n) is 5.31. The Morgan fingerprint density at radius 3 is 2.07 bits per heavy atom. The Kier molecular flexibility index (Phi) is 7.82. The normalized spacial score (nSPS) is 10.1. The zero-order valence-electron chi connectivity index (χ0n) is 15.0. The van der Waals surface area contributed by atoms with E-state index in [4.69, 9.17) is 23.2 Å². The highest BCUT2D eigenvalue weighted by atomic mass is 127. The highest BCUT2D eigenvalue weighted by molar-refractivity contribution is 14.1. The molecule has 0 aliphatic heterocycles. The SMILES string of the molecule is CI.Cn1c(=O)oc(=O)c2c(Cl)cccc21.O=c1[nH]c2cccc(Cl)c2c(=O)o1. The van der Waals surface area contributed by atoms with Gasteiger partial charge in [0.1, 0.15) is 10.8 Å². The van der Waals surface area contributed by atoms with Gasteiger partial charge in [0.15, 0.2) is 0 Å². The number of nitrogens with zero attached hydrogens (tertiary/aromatic N) is 1. The van der Waals surface area contributed by atoms with E-state index in [1.807, 2.05) is 4.93 Å². The zero-order valence-corrected chi connectivity index (χ0v) is 18.7. The quantitative estimate of drug-likeness (QED) is 0.265. The maximum absolute atomic E-state index is 11.3. The summed E-state index contributed by atoms with van der Waals surface area (Å²) in [6, 6.07) is 9.66. The minimum absolute atomic E-state index is 0.198. The number of H-pyrrole nitrogens is 1. The summed E-state index contributed by atoms with van der Waals surface area (Å²) < 4.78 is 10.0. The Labute approximate surface area is 185 Å². The molecule has 0 saturated carbocycles. The maximum Gasteiger partial charge on any atom is 0.422 e. The van der Waals surface area contributed by atoms with Crippen molar-refractivity contribution in [2.75, 3.05) is 4.93 Å². The smallest absolute Gasteiger partial charge is 0.372 e. The Hall–Kier alpha value is -2.37. The van der Waals surface area contributed by atoms with Crippen LogP contribution in [0.3, 0.4) is 0 Å². The van der Waals surface area contributed by atoms with Crippen LogP contribution in [0.2, 0.25) is 10.0 Å². The van der Waals surface area contributed by atoms with Crippen molar-refractivity contribution >= 4 is 67.6 Å². The van der Waals surface area contributed by atoms with Crippen LogP contribution >= 0.6 is 45.8 Å². The lowest BCUT2D eigenvalue weighted by Crippen LogP contribution is -2.22. The predicted molar refractivity (Wildman–Crippen MR) is 121 cm³/mol. The molecule has 4 rings (SSSR count). The van der Waals surface area contributed by atoms with Crippen LogP contribution in [0, 0.1) is 0 Å². The lowest BCUT2D eigenvalue weighted by molar-refractivity contribution is 0.433. The van der Waals surface area contributed by atoms with E-state index in [-0.39, 0.29) is 20.8 Å². The second kappa shape index (κ2) is 9.90. The van der Waals surface area contributed by atoms with Crippen molar-refractivity contribution in [3.05, 3.63) is 88.4 Å². The van der Waals surface area contributed by atoms with Crippen molar-refractivity contribution in [3.8, 4) is 0 Å². The lowest BCUT2D eigenvalue weighted by atomic mass is 10.2. The van der Waals surface area contributed by atoms with E-state index >= 15 is 0 Å². The average Bonchev–Trinajstić information content (AvgIpc) is 2.67. The number of alkyl halides is 1. The molecular formula is C18H13Cl2IN2O6. The third-order valence-electron chi connectivity index (χ3n) is 3.65. The molecule has 0 atom stereocenters. The number of aromatic nitrogens is 2. The van der Waals surface area contributed by atoms with Crippen LogP contribution in [-0.4, -0.2) is 14.5 Å². The van der Waals surface area contributed by atoms with Gasteiger partial charge in [-0.25, -0.2) is 19.2 Å². The predicted octanol–water partition coefficient (Wildman–Crippen LogP) is 3.33. The van der Waals surface area contributed by atoms with Gasteiger partial charge in [-0.1, -0.05) is 57.9 Å². The molecule has 2 aromatic heterocycles. The van der Waals surface area contributed by atoms with Gasteiger partial charge in [-0.3, -0.25) is 9.55 Å². The van der Waals surface area contributed by atoms with E-state index in [2.05, 4.69) is 36.4 Å². The number of rotatable bonds is 0. The molecule has 29 heavy (non-hydrogen) atoms. The number of aromatic amines is 1. The third-order valence-corrected chi connectivity index (χ3v) is 4.28. The van der Waals surface area contributed by atoms with Crippen LogP contribution < -0.4 is 22.8 Å². The Morgan fingerprint density at radius 2 is 1.41 bits per heavy atom. The average molecular weight is 551 g/mol. The van der Waals surface area contributed by atoms with Gasteiger partial charge in [0, 0.05) is 7.05 Å². The maximum atomic E-state index is 11.3. The van der Waals surface area contributed by atoms with Gasteiger partial charge in [0.25, 0.3) is 0 Å². The van der Waals surface area contributed by atoms with Crippen LogP contribution in [0.15, 0.2) is 64.4 Å². The van der Waals surface area contributed by atoms with Crippen molar-refractivity contribution in [2.24, 2.45) is 7.05 Å². The Balaban J connectivity index is 0.000000191. The van der Waals surface area contributed by atoms with E-state index in [0.29, 0.717) is 11.0 Å². The van der Waals surface area contributed by atoms with Crippen molar-refractivity contribution in [1.82, 2.24) is 9.55 Å². The number of nitrogens with one attached hydrogen (secondary N) is 1. The van der Waals surface area contributed by atoms with Crippen LogP contribution in [0.5, 0.6) is 0 Å². The molecular weight excluding hydrogens is 538 g/mol. The number of benzene rings is 2. The minimum atomic E-state index is -0.778. The number of aryl methyl sites for hydroxylation is 1. The number of halogens is 3. The molecule has 0 spiro atoms. The summed E-state index contributed by atoms with van der Waals surface area (Å²) in [5, 5.41) is 0.981. The van der Waals surface area contributed by atoms with E-state index in [1.54, 1.807) is 36.4 Å². The summed E-state index contributed by atoms with van der Waals surface area (Å²) in [7, 11) is 1.52. The van der Waals surface area contributed by atoms with Crippen LogP contribution in [0.4, 0.5) is 0 Å². The fourth-order valence-corrected chi connectivity index (χ4v) is 2.90. The Bertz CT molecular complexity index is 1400. The molecule has 152 valence electrons. The first-order valence-corrected chi connectivity index (χ1v) is 10.7. The van der Waals surface area contributed by atoms with E-state index < -0.39 is 22.8 Å². The molecule has 0 amide bonds. The number of hydrogen-bond donors (Lipinski definition) is 1. The third kappa shape index (κ3) is 4.98. The highest BCUT2D eigenvalue weighted by Gasteiger charge is 2.09. The summed E-state index contributed by atoms with van der Waals surface area (Å²) in [4.78, 5) is 48.7. The minimum Gasteiger partial charge on any atom is -0.372 e. The van der Waals surface area contributed by atoms with Gasteiger partial charge in [-0.05, 0) is 29.2 Å². The van der Waals surface area contributed by atoms with E-state index in [0.717, 1.165) is 0 Å². The first kappa shape index (κ1) is 22.9. The van der Waals surface area contributed by atoms with Gasteiger partial charge in [0.05, 0.1) is 21.1 Å². The summed E-state index contributed by atoms with van der Waals surface area (Å²) in [6.07, 6.45) is 0. The van der Waals surface area contributed by atoms with Crippen LogP contribution in [0.1, 0.15) is 0 Å². The van der Waals surface area contributed by atoms with Crippen LogP contribution in [0.25, 0.3) is 21.8 Å². The number of fused-ring (bicyclic) bond motifs is 2. The molecule has 0 bridgehead atoms. The summed E-state index contributed by atoms with van der Waals surface area (Å²) in [6.45, 7) is 0. The fraction of sp³-hybridized carbons (Fsp3) is 0.111. The summed E-state index contributed by atoms with van der Waals surface area (Å²) in [5.41, 5.74) is -0.564. The molecule has 0 aliphatic rings. The highest BCUT2D eigenvalue weighted by Crippen LogP contribution is 2.18. The van der Waals surface area contributed by atoms with Gasteiger partial charge in [-0.15, -0.1) is 0 Å². The zero-order chi connectivity index (χ0) is 21.7. The van der Waals surface area contributed by atoms with Crippen molar-refractivity contribution in [1.29, 1.82) is 0 Å². The Morgan fingerprint density at radius 1 is 0.862 bits per heavy atom. The molecule has 0 radical (unpaired) electrons. The van der Waals surface area contributed by atoms with Crippen molar-refractivity contribution < 1.29 is 8.83 Å². The molecule has 0 saturated heterocycles. The van der Waals surface area contributed by atoms with E-state index in [1.165, 1.54) is 11.6 Å². The van der Waals surface area contributed by atoms with Crippen molar-refractivity contribution in [2.45, 2.75) is 0 Å². The molecule has 2 heterocycles. The van der Waals surface area contributed by atoms with Crippen LogP contribution in [-0.2, 0) is 7.05 Å². The second-order valence-corrected chi connectivity index (χ2v) is 6.13. The largest absolute Gasteiger partial charge is 0.422 e. The van der Waals surface area contributed by atoms with Gasteiger partial charge in [-0.2, -0.15) is 0 Å². The first-order valence-electron chi connectivity index (χ1n) is 7.77. The summed E-state index contributed by atoms with van der Waals surface area (Å²) in [5.74, 6) is -1.47. The molecule has 11 heteroatoms. The summed E-state index contributed by atoms with van der Waals surface area (Å²) >= 11 is 13.7. The molecule has 1 N–H and O–H groups in total. The standard InChI is InChI=1S/C9H6ClNO3.C8H4ClNO3.CH3I/c1-11-6-4-2-3-5(10)7(6)8(12)14-9(11)13;9-4-2-1-3-5-6(4)7(11)13-8(12)10-5;1-2/h2-4H,1H3;1-3H,(H,10,12);1H3. The van der Waals surface area contributed by atoms with E-state index in [9.17, 15) is 19.2 Å². The molecule has 2 aromatic carbocycles. The van der Waals surface area contributed by atoms with Gasteiger partial charge in [0.2, 0.25) is 0 Å². The first-order chi connectivity index (χ1) is 13.8. The number of hydrogen-bond acceptors (Lipinski definition) is 6. The van der Waals surface area contributed by atoms with Gasteiger partial charge < -0.3 is 8.83 Å². The van der Waals surface area contributed by atoms with Crippen molar-refractivity contribution in [3.63, 3.8) is 0 Å². The van der Waals surface area contributed by atoms with Gasteiger partial charge >= 0.3 is 22.8 Å². The lowest BCUT2D eigenvalue weighted by Gasteiger charge is -2.02. The monoisotopic (exact) mass is 550 g/mol. The molecule has 8 nitrogen and oxygen atoms in total. The molecule has 0 unspecified atom stereocenters. The molecule has 0 aliphatic carbocycles. The topological polar surface area (TPSA) is 115 Å². The fourth-order valence-electron chi connectivity index (χ4n) is 2.40. The molecule has 4 aromatic rings.